The second-order valence-electron chi connectivity index (χ2n) is 11.3. The van der Waals surface area contributed by atoms with Gasteiger partial charge < -0.3 is 20.7 Å². The van der Waals surface area contributed by atoms with Crippen LogP contribution in [0.25, 0.3) is 22.3 Å². The summed E-state index contributed by atoms with van der Waals surface area (Å²) in [6.45, 7) is 4.68. The van der Waals surface area contributed by atoms with Crippen LogP contribution in [0.5, 0.6) is 11.5 Å². The lowest BCUT2D eigenvalue weighted by Crippen LogP contribution is -2.57. The molecule has 3 N–H and O–H groups in total. The summed E-state index contributed by atoms with van der Waals surface area (Å²) in [5.74, 6) is 2.06. The molecule has 3 fully saturated rings. The Balaban J connectivity index is 0.00000277. The average Bonchev–Trinajstić information content (AvgIpc) is 3.34. The Kier molecular flexibility index (Phi) is 7.18. The molecule has 0 unspecified atom stereocenters. The first kappa shape index (κ1) is 26.0. The molecule has 4 heterocycles. The molecule has 0 bridgehead atoms. The SMILES string of the molecule is Cl.Nc1ncnc2c1c(-c1ccc(Oc3ccccc3)cc1)nn2C1CCN(C2CCC3(CC2)CNC3)CC1. The van der Waals surface area contributed by atoms with Crippen LogP contribution in [-0.2, 0) is 0 Å². The van der Waals surface area contributed by atoms with Crippen LogP contribution < -0.4 is 15.8 Å². The molecule has 8 nitrogen and oxygen atoms in total. The van der Waals surface area contributed by atoms with E-state index in [0.29, 0.717) is 17.3 Å². The standard InChI is InChI=1S/C30H35N7O.ClH/c31-28-26-27(21-6-8-25(9-7-21)38-24-4-2-1-3-5-24)35-37(29(26)34-20-33-28)23-12-16-36(17-13-23)22-10-14-30(15-11-22)18-32-19-30;/h1-9,20,22-23,32H,10-19H2,(H2,31,33,34);1H. The third kappa shape index (κ3) is 4.97. The monoisotopic (exact) mass is 545 g/mol. The number of ether oxygens (including phenoxy) is 1. The summed E-state index contributed by atoms with van der Waals surface area (Å²) >= 11 is 0. The van der Waals surface area contributed by atoms with Gasteiger partial charge in [0.15, 0.2) is 5.65 Å². The van der Waals surface area contributed by atoms with Crippen molar-refractivity contribution < 1.29 is 4.74 Å². The van der Waals surface area contributed by atoms with E-state index < -0.39 is 0 Å². The van der Waals surface area contributed by atoms with E-state index in [1.54, 1.807) is 6.33 Å². The first-order valence-electron chi connectivity index (χ1n) is 13.9. The molecule has 9 heteroatoms. The van der Waals surface area contributed by atoms with Crippen molar-refractivity contribution in [3.05, 3.63) is 60.9 Å². The average molecular weight is 546 g/mol. The molecule has 2 aromatic heterocycles. The van der Waals surface area contributed by atoms with Crippen molar-refractivity contribution in [1.29, 1.82) is 0 Å². The van der Waals surface area contributed by atoms with Gasteiger partial charge in [-0.2, -0.15) is 5.10 Å². The number of nitrogens with one attached hydrogen (secondary N) is 1. The van der Waals surface area contributed by atoms with Gasteiger partial charge in [-0.1, -0.05) is 18.2 Å². The smallest absolute Gasteiger partial charge is 0.164 e. The van der Waals surface area contributed by atoms with Crippen LogP contribution in [0.1, 0.15) is 44.6 Å². The molecule has 1 saturated carbocycles. The molecule has 4 aromatic rings. The number of likely N-dealkylation sites (tertiary alicyclic amines) is 1. The lowest BCUT2D eigenvalue weighted by Gasteiger charge is -2.50. The van der Waals surface area contributed by atoms with Gasteiger partial charge in [0.2, 0.25) is 0 Å². The first-order valence-corrected chi connectivity index (χ1v) is 13.9. The first-order chi connectivity index (χ1) is 18.7. The maximum atomic E-state index is 6.39. The highest BCUT2D eigenvalue weighted by Crippen LogP contribution is 2.42. The normalized spacial score (nSPS) is 20.0. The van der Waals surface area contributed by atoms with Gasteiger partial charge in [0.05, 0.1) is 11.4 Å². The molecule has 3 aliphatic rings. The minimum absolute atomic E-state index is 0. The number of piperidine rings is 1. The van der Waals surface area contributed by atoms with E-state index in [1.165, 1.54) is 38.8 Å². The Labute approximate surface area is 235 Å². The number of nitrogens with zero attached hydrogens (tertiary/aromatic N) is 5. The minimum Gasteiger partial charge on any atom is -0.457 e. The fraction of sp³-hybridized carbons (Fsp3) is 0.433. The van der Waals surface area contributed by atoms with E-state index in [2.05, 4.69) is 24.9 Å². The number of halogens is 1. The number of anilines is 1. The Hall–Kier alpha value is -3.20. The zero-order chi connectivity index (χ0) is 25.5. The summed E-state index contributed by atoms with van der Waals surface area (Å²) in [6, 6.07) is 18.9. The van der Waals surface area contributed by atoms with Gasteiger partial charge in [-0.3, -0.25) is 0 Å². The number of nitrogen functional groups attached to an aromatic ring is 1. The Morgan fingerprint density at radius 3 is 2.21 bits per heavy atom. The third-order valence-corrected chi connectivity index (χ3v) is 9.00. The van der Waals surface area contributed by atoms with Crippen molar-refractivity contribution in [2.45, 2.75) is 50.6 Å². The van der Waals surface area contributed by atoms with E-state index in [1.807, 2.05) is 54.6 Å². The number of fused-ring (bicyclic) bond motifs is 1. The maximum Gasteiger partial charge on any atom is 0.164 e. The highest BCUT2D eigenvalue weighted by molar-refractivity contribution is 5.98. The van der Waals surface area contributed by atoms with E-state index >= 15 is 0 Å². The molecule has 0 amide bonds. The largest absolute Gasteiger partial charge is 0.457 e. The van der Waals surface area contributed by atoms with Crippen LogP contribution >= 0.6 is 12.4 Å². The second-order valence-corrected chi connectivity index (χ2v) is 11.3. The number of hydrogen-bond acceptors (Lipinski definition) is 7. The number of hydrogen-bond donors (Lipinski definition) is 2. The van der Waals surface area contributed by atoms with Crippen LogP contribution in [-0.4, -0.2) is 56.9 Å². The lowest BCUT2D eigenvalue weighted by molar-refractivity contribution is 0.0361. The molecule has 39 heavy (non-hydrogen) atoms. The molecule has 7 rings (SSSR count). The fourth-order valence-corrected chi connectivity index (χ4v) is 6.67. The number of benzene rings is 2. The van der Waals surface area contributed by atoms with Gasteiger partial charge in [0.25, 0.3) is 0 Å². The van der Waals surface area contributed by atoms with Crippen LogP contribution in [0, 0.1) is 5.41 Å². The summed E-state index contributed by atoms with van der Waals surface area (Å²) in [4.78, 5) is 11.7. The zero-order valence-electron chi connectivity index (χ0n) is 22.1. The Morgan fingerprint density at radius 2 is 1.54 bits per heavy atom. The van der Waals surface area contributed by atoms with Crippen molar-refractivity contribution >= 4 is 29.3 Å². The zero-order valence-corrected chi connectivity index (χ0v) is 22.9. The second kappa shape index (κ2) is 10.8. The maximum absolute atomic E-state index is 6.39. The third-order valence-electron chi connectivity index (χ3n) is 9.00. The summed E-state index contributed by atoms with van der Waals surface area (Å²) in [7, 11) is 0. The van der Waals surface area contributed by atoms with Crippen molar-refractivity contribution in [3.63, 3.8) is 0 Å². The summed E-state index contributed by atoms with van der Waals surface area (Å²) in [5.41, 5.74) is 9.64. The Bertz CT molecular complexity index is 1400. The molecule has 1 aliphatic carbocycles. The van der Waals surface area contributed by atoms with Gasteiger partial charge in [-0.25, -0.2) is 14.6 Å². The van der Waals surface area contributed by atoms with Gasteiger partial charge >= 0.3 is 0 Å². The van der Waals surface area contributed by atoms with Crippen molar-refractivity contribution in [2.24, 2.45) is 5.41 Å². The quantitative estimate of drug-likeness (QED) is 0.344. The van der Waals surface area contributed by atoms with Gasteiger partial charge in [-0.15, -0.1) is 12.4 Å². The van der Waals surface area contributed by atoms with Gasteiger partial charge in [0, 0.05) is 37.8 Å². The predicted octanol–water partition coefficient (Wildman–Crippen LogP) is 5.46. The molecule has 2 aromatic carbocycles. The molecule has 204 valence electrons. The minimum atomic E-state index is 0. The number of nitrogens with two attached hydrogens (primary N) is 1. The summed E-state index contributed by atoms with van der Waals surface area (Å²) in [6.07, 6.45) is 9.15. The van der Waals surface area contributed by atoms with Gasteiger partial charge in [-0.05, 0) is 80.3 Å². The van der Waals surface area contributed by atoms with Crippen molar-refractivity contribution in [3.8, 4) is 22.8 Å². The van der Waals surface area contributed by atoms with Crippen LogP contribution in [0.3, 0.4) is 0 Å². The summed E-state index contributed by atoms with van der Waals surface area (Å²) < 4.78 is 8.09. The number of rotatable bonds is 5. The van der Waals surface area contributed by atoms with Crippen LogP contribution in [0.4, 0.5) is 5.82 Å². The van der Waals surface area contributed by atoms with E-state index in [4.69, 9.17) is 15.6 Å². The topological polar surface area (TPSA) is 94.1 Å². The molecular formula is C30H36ClN7O. The van der Waals surface area contributed by atoms with E-state index in [-0.39, 0.29) is 12.4 Å². The molecule has 0 atom stereocenters. The predicted molar refractivity (Wildman–Crippen MR) is 156 cm³/mol. The van der Waals surface area contributed by atoms with E-state index in [9.17, 15) is 0 Å². The fourth-order valence-electron chi connectivity index (χ4n) is 6.67. The number of aromatic nitrogens is 4. The van der Waals surface area contributed by atoms with E-state index in [0.717, 1.165) is 65.8 Å². The van der Waals surface area contributed by atoms with Crippen LogP contribution in [0.15, 0.2) is 60.9 Å². The highest BCUT2D eigenvalue weighted by Gasteiger charge is 2.41. The van der Waals surface area contributed by atoms with Gasteiger partial charge in [0.1, 0.15) is 29.3 Å². The van der Waals surface area contributed by atoms with Crippen molar-refractivity contribution in [1.82, 2.24) is 30.0 Å². The molecule has 1 spiro atoms. The van der Waals surface area contributed by atoms with Crippen molar-refractivity contribution in [2.75, 3.05) is 31.9 Å². The highest BCUT2D eigenvalue weighted by atomic mass is 35.5. The molecule has 2 aliphatic heterocycles. The van der Waals surface area contributed by atoms with Crippen LogP contribution in [0.2, 0.25) is 0 Å². The summed E-state index contributed by atoms with van der Waals surface area (Å²) in [5, 5.41) is 9.42. The number of para-hydroxylation sites is 1. The lowest BCUT2D eigenvalue weighted by atomic mass is 9.68. The Morgan fingerprint density at radius 1 is 0.846 bits per heavy atom. The molecule has 0 radical (unpaired) electrons. The molecular weight excluding hydrogens is 510 g/mol. The molecule has 2 saturated heterocycles.